The largest absolute Gasteiger partial charge is 0.496 e. The molecule has 0 saturated carbocycles. The summed E-state index contributed by atoms with van der Waals surface area (Å²) < 4.78 is 21.0. The van der Waals surface area contributed by atoms with Crippen LogP contribution in [0.3, 0.4) is 0 Å². The molecule has 7 nitrogen and oxygen atoms in total. The second-order valence-electron chi connectivity index (χ2n) is 6.09. The van der Waals surface area contributed by atoms with E-state index in [1.54, 1.807) is 43.3 Å². The van der Waals surface area contributed by atoms with Crippen molar-refractivity contribution in [1.82, 2.24) is 0 Å². The Labute approximate surface area is 169 Å². The average Bonchev–Trinajstić information content (AvgIpc) is 2.77. The molecular weight excluding hydrogens is 376 g/mol. The van der Waals surface area contributed by atoms with Crippen molar-refractivity contribution in [3.05, 3.63) is 47.5 Å². The number of hydrogen-bond acceptors (Lipinski definition) is 7. The van der Waals surface area contributed by atoms with Crippen LogP contribution in [0.5, 0.6) is 23.0 Å². The Kier molecular flexibility index (Phi) is 7.36. The van der Waals surface area contributed by atoms with Crippen molar-refractivity contribution in [2.75, 3.05) is 28.4 Å². The summed E-state index contributed by atoms with van der Waals surface area (Å²) in [4.78, 5) is 39.3. The summed E-state index contributed by atoms with van der Waals surface area (Å²) in [6.07, 6.45) is 0.127. The van der Waals surface area contributed by atoms with E-state index in [0.717, 1.165) is 0 Å². The number of hydrogen-bond donors (Lipinski definition) is 0. The van der Waals surface area contributed by atoms with E-state index in [1.165, 1.54) is 28.4 Å². The SMILES string of the molecule is CCC(C(=O)C(=O)c1c(OC)cccc1OC)C(=O)c1c(OC)cccc1OC. The minimum Gasteiger partial charge on any atom is -0.496 e. The predicted octanol–water partition coefficient (Wildman–Crippen LogP) is 3.38. The fourth-order valence-electron chi connectivity index (χ4n) is 3.11. The van der Waals surface area contributed by atoms with E-state index in [4.69, 9.17) is 18.9 Å². The Morgan fingerprint density at radius 1 is 0.724 bits per heavy atom. The van der Waals surface area contributed by atoms with Crippen molar-refractivity contribution >= 4 is 17.3 Å². The molecule has 2 rings (SSSR count). The third-order valence-corrected chi connectivity index (χ3v) is 4.59. The van der Waals surface area contributed by atoms with E-state index in [-0.39, 0.29) is 40.5 Å². The van der Waals surface area contributed by atoms with Crippen molar-refractivity contribution in [2.45, 2.75) is 13.3 Å². The molecule has 0 saturated heterocycles. The standard InChI is InChI=1S/C22H24O7/c1-6-13(20(23)18-14(26-2)9-7-10-15(18)27-3)21(24)22(25)19-16(28-4)11-8-12-17(19)29-5/h7-13H,6H2,1-5H3. The fraction of sp³-hybridized carbons (Fsp3) is 0.318. The summed E-state index contributed by atoms with van der Waals surface area (Å²) in [5.41, 5.74) is 0.109. The van der Waals surface area contributed by atoms with E-state index >= 15 is 0 Å². The van der Waals surface area contributed by atoms with E-state index in [2.05, 4.69) is 0 Å². The lowest BCUT2D eigenvalue weighted by Crippen LogP contribution is -2.31. The number of methoxy groups -OCH3 is 4. The van der Waals surface area contributed by atoms with Gasteiger partial charge >= 0.3 is 0 Å². The molecule has 154 valence electrons. The first-order valence-electron chi connectivity index (χ1n) is 8.99. The summed E-state index contributed by atoms with van der Waals surface area (Å²) in [5, 5.41) is 0. The fourth-order valence-corrected chi connectivity index (χ4v) is 3.11. The van der Waals surface area contributed by atoms with Gasteiger partial charge in [0, 0.05) is 0 Å². The van der Waals surface area contributed by atoms with Gasteiger partial charge in [-0.15, -0.1) is 0 Å². The molecule has 0 aliphatic rings. The van der Waals surface area contributed by atoms with Gasteiger partial charge in [0.05, 0.1) is 34.4 Å². The lowest BCUT2D eigenvalue weighted by molar-refractivity contribution is -0.117. The average molecular weight is 400 g/mol. The van der Waals surface area contributed by atoms with Gasteiger partial charge in [0.15, 0.2) is 5.78 Å². The van der Waals surface area contributed by atoms with Crippen LogP contribution in [0.4, 0.5) is 0 Å². The Bertz CT molecular complexity index is 873. The quantitative estimate of drug-likeness (QED) is 0.343. The highest BCUT2D eigenvalue weighted by atomic mass is 16.5. The smallest absolute Gasteiger partial charge is 0.236 e. The van der Waals surface area contributed by atoms with Crippen molar-refractivity contribution in [3.8, 4) is 23.0 Å². The highest BCUT2D eigenvalue weighted by Crippen LogP contribution is 2.34. The molecule has 0 fully saturated rings. The van der Waals surface area contributed by atoms with Crippen LogP contribution in [0, 0.1) is 5.92 Å². The summed E-state index contributed by atoms with van der Waals surface area (Å²) in [6, 6.07) is 9.60. The lowest BCUT2D eigenvalue weighted by Gasteiger charge is -2.18. The predicted molar refractivity (Wildman–Crippen MR) is 107 cm³/mol. The zero-order valence-corrected chi connectivity index (χ0v) is 17.1. The summed E-state index contributed by atoms with van der Waals surface area (Å²) in [7, 11) is 5.61. The van der Waals surface area contributed by atoms with Crippen LogP contribution < -0.4 is 18.9 Å². The molecule has 0 amide bonds. The van der Waals surface area contributed by atoms with Crippen LogP contribution in [0.1, 0.15) is 34.1 Å². The molecule has 0 bridgehead atoms. The van der Waals surface area contributed by atoms with Gasteiger partial charge < -0.3 is 18.9 Å². The Hall–Kier alpha value is -3.35. The van der Waals surface area contributed by atoms with Crippen molar-refractivity contribution < 1.29 is 33.3 Å². The van der Waals surface area contributed by atoms with E-state index < -0.39 is 23.3 Å². The normalized spacial score (nSPS) is 11.3. The summed E-state index contributed by atoms with van der Waals surface area (Å²) in [6.45, 7) is 1.66. The van der Waals surface area contributed by atoms with Crippen molar-refractivity contribution in [3.63, 3.8) is 0 Å². The Morgan fingerprint density at radius 2 is 1.10 bits per heavy atom. The second-order valence-corrected chi connectivity index (χ2v) is 6.09. The molecule has 0 spiro atoms. The van der Waals surface area contributed by atoms with Gasteiger partial charge in [-0.25, -0.2) is 0 Å². The van der Waals surface area contributed by atoms with Crippen LogP contribution >= 0.6 is 0 Å². The molecular formula is C22H24O7. The van der Waals surface area contributed by atoms with Crippen LogP contribution in [0.25, 0.3) is 0 Å². The number of ether oxygens (including phenoxy) is 4. The van der Waals surface area contributed by atoms with Gasteiger partial charge in [-0.2, -0.15) is 0 Å². The zero-order valence-electron chi connectivity index (χ0n) is 17.1. The minimum absolute atomic E-state index is 0.0132. The molecule has 0 aliphatic heterocycles. The number of carbonyl (C=O) groups is 3. The van der Waals surface area contributed by atoms with E-state index in [1.807, 2.05) is 0 Å². The molecule has 29 heavy (non-hydrogen) atoms. The Morgan fingerprint density at radius 3 is 1.45 bits per heavy atom. The molecule has 0 heterocycles. The topological polar surface area (TPSA) is 88.1 Å². The van der Waals surface area contributed by atoms with Crippen LogP contribution in [0.15, 0.2) is 36.4 Å². The maximum atomic E-state index is 13.2. The number of carbonyl (C=O) groups excluding carboxylic acids is 3. The number of benzene rings is 2. The molecule has 2 aromatic rings. The summed E-state index contributed by atoms with van der Waals surface area (Å²) in [5.74, 6) is -2.54. The third kappa shape index (κ3) is 4.23. The van der Waals surface area contributed by atoms with E-state index in [9.17, 15) is 14.4 Å². The maximum absolute atomic E-state index is 13.2. The monoisotopic (exact) mass is 400 g/mol. The highest BCUT2D eigenvalue weighted by Gasteiger charge is 2.36. The van der Waals surface area contributed by atoms with Gasteiger partial charge in [0.1, 0.15) is 34.1 Å². The van der Waals surface area contributed by atoms with Gasteiger partial charge in [-0.05, 0) is 30.7 Å². The first-order valence-corrected chi connectivity index (χ1v) is 8.99. The molecule has 0 aliphatic carbocycles. The molecule has 7 heteroatoms. The minimum atomic E-state index is -1.21. The first kappa shape index (κ1) is 21.9. The van der Waals surface area contributed by atoms with Crippen LogP contribution in [-0.2, 0) is 4.79 Å². The maximum Gasteiger partial charge on any atom is 0.236 e. The van der Waals surface area contributed by atoms with Gasteiger partial charge in [-0.1, -0.05) is 19.1 Å². The number of ketones is 3. The molecule has 0 N–H and O–H groups in total. The van der Waals surface area contributed by atoms with Crippen LogP contribution in [0.2, 0.25) is 0 Å². The third-order valence-electron chi connectivity index (χ3n) is 4.59. The van der Waals surface area contributed by atoms with Gasteiger partial charge in [0.2, 0.25) is 11.6 Å². The number of rotatable bonds is 10. The van der Waals surface area contributed by atoms with Crippen molar-refractivity contribution in [1.29, 1.82) is 0 Å². The van der Waals surface area contributed by atoms with Crippen molar-refractivity contribution in [2.24, 2.45) is 5.92 Å². The molecule has 0 aromatic heterocycles. The van der Waals surface area contributed by atoms with E-state index in [0.29, 0.717) is 0 Å². The second kappa shape index (κ2) is 9.73. The zero-order chi connectivity index (χ0) is 21.6. The van der Waals surface area contributed by atoms with Crippen LogP contribution in [-0.4, -0.2) is 45.8 Å². The molecule has 1 atom stereocenters. The van der Waals surface area contributed by atoms with Gasteiger partial charge in [0.25, 0.3) is 0 Å². The Balaban J connectivity index is 2.50. The molecule has 0 radical (unpaired) electrons. The highest BCUT2D eigenvalue weighted by molar-refractivity contribution is 6.48. The molecule has 1 unspecified atom stereocenters. The lowest BCUT2D eigenvalue weighted by atomic mass is 9.86. The summed E-state index contributed by atoms with van der Waals surface area (Å²) >= 11 is 0. The molecule has 2 aromatic carbocycles. The first-order chi connectivity index (χ1) is 13.9. The number of Topliss-reactive ketones (excluding diaryl/α,β-unsaturated/α-hetero) is 3. The van der Waals surface area contributed by atoms with Gasteiger partial charge in [-0.3, -0.25) is 14.4 Å².